The van der Waals surface area contributed by atoms with Crippen molar-refractivity contribution in [2.45, 2.75) is 0 Å². The minimum absolute atomic E-state index is 0. The van der Waals surface area contributed by atoms with Crippen LogP contribution >= 0.6 is 0 Å². The molecule has 0 aliphatic heterocycles. The van der Waals surface area contributed by atoms with E-state index in [1.807, 2.05) is 88.0 Å². The average Bonchev–Trinajstić information content (AvgIpc) is 3.06. The third-order valence-electron chi connectivity index (χ3n) is 3.23. The van der Waals surface area contributed by atoms with Crippen molar-refractivity contribution in [3.05, 3.63) is 61.2 Å². The van der Waals surface area contributed by atoms with E-state index in [-0.39, 0.29) is 48.0 Å². The third kappa shape index (κ3) is 3.49. The van der Waals surface area contributed by atoms with Gasteiger partial charge in [-0.2, -0.15) is 5.26 Å². The van der Waals surface area contributed by atoms with Gasteiger partial charge in [0.1, 0.15) is 36.4 Å². The summed E-state index contributed by atoms with van der Waals surface area (Å²) in [6.07, 6.45) is 11.7. The molecule has 3 aromatic rings. The Kier molecular flexibility index (Phi) is 6.55. The molecular formula is C15H15I2N5. The Morgan fingerprint density at radius 1 is 0.909 bits per heavy atom. The molecule has 2 heterocycles. The Morgan fingerprint density at radius 2 is 1.36 bits per heavy atom. The normalized spacial score (nSPS) is 9.50. The molecule has 3 rings (SSSR count). The van der Waals surface area contributed by atoms with Gasteiger partial charge in [0.05, 0.1) is 14.1 Å². The standard InChI is InChI=1S/C15H15N5.2HI/c1-17-6-8-19(11-17)14-4-3-5-15(13(14)10-16)20-9-7-18(2)12-20;;/h3-9,11-12H,1-2H3;2*1H/q+2;;/p-2. The van der Waals surface area contributed by atoms with Crippen LogP contribution in [0.5, 0.6) is 0 Å². The number of hydrogen-bond acceptors (Lipinski definition) is 1. The number of hydrogen-bond donors (Lipinski definition) is 0. The van der Waals surface area contributed by atoms with Crippen LogP contribution in [0.3, 0.4) is 0 Å². The van der Waals surface area contributed by atoms with Crippen molar-refractivity contribution < 1.29 is 57.1 Å². The number of nitriles is 1. The number of nitrogens with zero attached hydrogens (tertiary/aromatic N) is 5. The van der Waals surface area contributed by atoms with E-state index in [2.05, 4.69) is 6.07 Å². The molecule has 0 radical (unpaired) electrons. The summed E-state index contributed by atoms with van der Waals surface area (Å²) in [4.78, 5) is 0. The summed E-state index contributed by atoms with van der Waals surface area (Å²) in [5.74, 6) is 0. The van der Waals surface area contributed by atoms with Crippen molar-refractivity contribution in [2.75, 3.05) is 0 Å². The van der Waals surface area contributed by atoms with Crippen molar-refractivity contribution in [2.24, 2.45) is 14.1 Å². The summed E-state index contributed by atoms with van der Waals surface area (Å²) in [6, 6.07) is 8.18. The molecule has 0 fully saturated rings. The number of rotatable bonds is 2. The van der Waals surface area contributed by atoms with E-state index in [1.54, 1.807) is 0 Å². The number of imidazole rings is 2. The zero-order valence-corrected chi connectivity index (χ0v) is 16.5. The number of aryl methyl sites for hydroxylation is 2. The predicted molar refractivity (Wildman–Crippen MR) is 72.2 cm³/mol. The van der Waals surface area contributed by atoms with E-state index >= 15 is 0 Å². The average molecular weight is 519 g/mol. The van der Waals surface area contributed by atoms with Crippen LogP contribution in [0.2, 0.25) is 0 Å². The van der Waals surface area contributed by atoms with Gasteiger partial charge in [0.15, 0.2) is 11.4 Å². The van der Waals surface area contributed by atoms with Crippen LogP contribution in [0, 0.1) is 11.3 Å². The maximum atomic E-state index is 9.55. The molecule has 0 atom stereocenters. The molecule has 0 aliphatic carbocycles. The summed E-state index contributed by atoms with van der Waals surface area (Å²) < 4.78 is 7.80. The van der Waals surface area contributed by atoms with Crippen LogP contribution in [0.4, 0.5) is 0 Å². The minimum atomic E-state index is 0. The SMILES string of the molecule is C[n+]1ccn(-c2cccc(-n3cc[n+](C)c3)c2C#N)c1.[I-].[I-]. The van der Waals surface area contributed by atoms with Crippen molar-refractivity contribution in [1.82, 2.24) is 9.13 Å². The zero-order chi connectivity index (χ0) is 14.1. The lowest BCUT2D eigenvalue weighted by molar-refractivity contribution is -0.670. The molecular weight excluding hydrogens is 504 g/mol. The molecule has 0 unspecified atom stereocenters. The fraction of sp³-hybridized carbons (Fsp3) is 0.133. The molecule has 0 N–H and O–H groups in total. The highest BCUT2D eigenvalue weighted by Gasteiger charge is 2.18. The maximum absolute atomic E-state index is 9.55. The lowest BCUT2D eigenvalue weighted by Crippen LogP contribution is -3.00. The van der Waals surface area contributed by atoms with Crippen LogP contribution in [-0.2, 0) is 14.1 Å². The largest absolute Gasteiger partial charge is 1.00 e. The van der Waals surface area contributed by atoms with Crippen molar-refractivity contribution in [3.63, 3.8) is 0 Å². The molecule has 0 aliphatic rings. The monoisotopic (exact) mass is 519 g/mol. The summed E-state index contributed by atoms with van der Waals surface area (Å²) >= 11 is 0. The van der Waals surface area contributed by atoms with Crippen molar-refractivity contribution in [1.29, 1.82) is 5.26 Å². The van der Waals surface area contributed by atoms with Crippen molar-refractivity contribution in [3.8, 4) is 17.4 Å². The summed E-state index contributed by atoms with van der Waals surface area (Å²) in [6.45, 7) is 0. The molecule has 5 nitrogen and oxygen atoms in total. The highest BCUT2D eigenvalue weighted by Crippen LogP contribution is 2.20. The zero-order valence-electron chi connectivity index (χ0n) is 12.2. The number of benzene rings is 1. The maximum Gasteiger partial charge on any atom is 0.248 e. The molecule has 22 heavy (non-hydrogen) atoms. The molecule has 0 amide bonds. The second kappa shape index (κ2) is 7.73. The van der Waals surface area contributed by atoms with Gasteiger partial charge in [0.25, 0.3) is 0 Å². The summed E-state index contributed by atoms with van der Waals surface area (Å²) in [5.41, 5.74) is 2.41. The Labute approximate surface area is 163 Å². The quantitative estimate of drug-likeness (QED) is 0.247. The molecule has 2 aromatic heterocycles. The van der Waals surface area contributed by atoms with Crippen LogP contribution in [-0.4, -0.2) is 9.13 Å². The van der Waals surface area contributed by atoms with E-state index in [0.29, 0.717) is 5.56 Å². The first-order chi connectivity index (χ1) is 9.69. The van der Waals surface area contributed by atoms with E-state index in [1.165, 1.54) is 0 Å². The Bertz CT molecular complexity index is 755. The van der Waals surface area contributed by atoms with Crippen LogP contribution in [0.25, 0.3) is 11.4 Å². The second-order valence-electron chi connectivity index (χ2n) is 4.76. The predicted octanol–water partition coefficient (Wildman–Crippen LogP) is -5.20. The van der Waals surface area contributed by atoms with Gasteiger partial charge in [-0.15, -0.1) is 0 Å². The minimum Gasteiger partial charge on any atom is -1.00 e. The lowest BCUT2D eigenvalue weighted by Gasteiger charge is -2.03. The smallest absolute Gasteiger partial charge is 0.248 e. The van der Waals surface area contributed by atoms with Crippen LogP contribution < -0.4 is 57.1 Å². The first kappa shape index (κ1) is 18.6. The number of halogens is 2. The van der Waals surface area contributed by atoms with Gasteiger partial charge in [0.2, 0.25) is 12.7 Å². The van der Waals surface area contributed by atoms with Gasteiger partial charge < -0.3 is 48.0 Å². The van der Waals surface area contributed by atoms with Gasteiger partial charge in [0, 0.05) is 0 Å². The van der Waals surface area contributed by atoms with Gasteiger partial charge in [-0.1, -0.05) is 6.07 Å². The van der Waals surface area contributed by atoms with E-state index in [4.69, 9.17) is 0 Å². The Morgan fingerprint density at radius 3 is 1.68 bits per heavy atom. The fourth-order valence-corrected chi connectivity index (χ4v) is 2.26. The first-order valence-electron chi connectivity index (χ1n) is 6.29. The second-order valence-corrected chi connectivity index (χ2v) is 4.76. The molecule has 0 saturated carbocycles. The number of aromatic nitrogens is 4. The molecule has 1 aromatic carbocycles. The molecule has 0 bridgehead atoms. The third-order valence-corrected chi connectivity index (χ3v) is 3.23. The lowest BCUT2D eigenvalue weighted by atomic mass is 10.1. The first-order valence-corrected chi connectivity index (χ1v) is 6.29. The molecule has 0 saturated heterocycles. The van der Waals surface area contributed by atoms with Crippen molar-refractivity contribution >= 4 is 0 Å². The highest BCUT2D eigenvalue weighted by molar-refractivity contribution is 5.60. The summed E-state index contributed by atoms with van der Waals surface area (Å²) in [5, 5.41) is 9.55. The molecule has 114 valence electrons. The topological polar surface area (TPSA) is 41.4 Å². The van der Waals surface area contributed by atoms with Gasteiger partial charge >= 0.3 is 0 Å². The van der Waals surface area contributed by atoms with Crippen LogP contribution in [0.1, 0.15) is 5.56 Å². The molecule has 7 heteroatoms. The molecule has 0 spiro atoms. The van der Waals surface area contributed by atoms with Crippen LogP contribution in [0.15, 0.2) is 55.6 Å². The van der Waals surface area contributed by atoms with Gasteiger partial charge in [-0.3, -0.25) is 0 Å². The van der Waals surface area contributed by atoms with E-state index in [9.17, 15) is 5.26 Å². The Hall–Kier alpha value is -1.41. The van der Waals surface area contributed by atoms with E-state index in [0.717, 1.165) is 11.4 Å². The van der Waals surface area contributed by atoms with Gasteiger partial charge in [-0.25, -0.2) is 18.3 Å². The highest BCUT2D eigenvalue weighted by atomic mass is 127. The fourth-order valence-electron chi connectivity index (χ4n) is 2.26. The van der Waals surface area contributed by atoms with E-state index < -0.39 is 0 Å². The Balaban J connectivity index is 0.00000121. The van der Waals surface area contributed by atoms with Gasteiger partial charge in [-0.05, 0) is 12.1 Å². The summed E-state index contributed by atoms with van der Waals surface area (Å²) in [7, 11) is 3.91.